The molecule has 1 N–H and O–H groups in total. The van der Waals surface area contributed by atoms with Crippen LogP contribution in [0.3, 0.4) is 0 Å². The third-order valence-electron chi connectivity index (χ3n) is 5.94. The summed E-state index contributed by atoms with van der Waals surface area (Å²) < 4.78 is 19.4. The molecular formula is C22H26FN3O2. The Morgan fingerprint density at radius 2 is 2.00 bits per heavy atom. The number of likely N-dealkylation sites (tertiary alicyclic amines) is 1. The van der Waals surface area contributed by atoms with E-state index in [1.807, 2.05) is 19.1 Å². The minimum absolute atomic E-state index is 0.323. The molecule has 2 atom stereocenters. The van der Waals surface area contributed by atoms with Crippen LogP contribution in [0.4, 0.5) is 4.39 Å². The van der Waals surface area contributed by atoms with Crippen molar-refractivity contribution >= 4 is 5.84 Å². The number of hydrogen-bond acceptors (Lipinski definition) is 4. The molecule has 1 aromatic carbocycles. The van der Waals surface area contributed by atoms with Gasteiger partial charge in [0.1, 0.15) is 11.6 Å². The molecule has 1 saturated carbocycles. The van der Waals surface area contributed by atoms with Crippen molar-refractivity contribution in [2.45, 2.75) is 39.0 Å². The summed E-state index contributed by atoms with van der Waals surface area (Å²) >= 11 is 0. The second kappa shape index (κ2) is 8.17. The summed E-state index contributed by atoms with van der Waals surface area (Å²) in [7, 11) is 0. The van der Waals surface area contributed by atoms with Crippen LogP contribution in [0, 0.1) is 24.6 Å². The van der Waals surface area contributed by atoms with E-state index in [1.165, 1.54) is 37.8 Å². The number of halogens is 1. The van der Waals surface area contributed by atoms with Gasteiger partial charge < -0.3 is 14.8 Å². The largest absolute Gasteiger partial charge is 0.438 e. The van der Waals surface area contributed by atoms with Crippen LogP contribution in [0.5, 0.6) is 11.6 Å². The number of amidine groups is 1. The van der Waals surface area contributed by atoms with Crippen molar-refractivity contribution in [3.05, 3.63) is 53.5 Å². The van der Waals surface area contributed by atoms with E-state index in [2.05, 4.69) is 15.0 Å². The highest BCUT2D eigenvalue weighted by Crippen LogP contribution is 2.37. The van der Waals surface area contributed by atoms with Crippen LogP contribution in [0.1, 0.15) is 43.4 Å². The highest BCUT2D eigenvalue weighted by molar-refractivity contribution is 6.00. The van der Waals surface area contributed by atoms with Crippen molar-refractivity contribution < 1.29 is 14.3 Å². The summed E-state index contributed by atoms with van der Waals surface area (Å²) in [6.07, 6.45) is 6.27. The maximum atomic E-state index is 13.6. The summed E-state index contributed by atoms with van der Waals surface area (Å²) in [5, 5.41) is 13.5. The highest BCUT2D eigenvalue weighted by Gasteiger charge is 2.33. The van der Waals surface area contributed by atoms with Gasteiger partial charge >= 0.3 is 0 Å². The Kier molecular flexibility index (Phi) is 5.46. The minimum Gasteiger partial charge on any atom is -0.438 e. The van der Waals surface area contributed by atoms with Crippen molar-refractivity contribution in [2.24, 2.45) is 17.0 Å². The number of nitrogens with zero attached hydrogens (tertiary/aromatic N) is 3. The maximum Gasteiger partial charge on any atom is 0.230 e. The van der Waals surface area contributed by atoms with E-state index < -0.39 is 0 Å². The first-order valence-corrected chi connectivity index (χ1v) is 10.0. The molecule has 1 aliphatic heterocycles. The summed E-state index contributed by atoms with van der Waals surface area (Å²) in [6.45, 7) is 3.61. The molecule has 1 aromatic heterocycles. The van der Waals surface area contributed by atoms with Crippen molar-refractivity contribution in [2.75, 3.05) is 13.1 Å². The summed E-state index contributed by atoms with van der Waals surface area (Å²) in [5.74, 6) is 2.21. The molecule has 2 aromatic rings. The Hall–Kier alpha value is -2.63. The van der Waals surface area contributed by atoms with Gasteiger partial charge in [-0.2, -0.15) is 0 Å². The van der Waals surface area contributed by atoms with Crippen molar-refractivity contribution in [3.8, 4) is 11.6 Å². The normalized spacial score (nSPS) is 22.6. The topological polar surface area (TPSA) is 58.0 Å². The molecular weight excluding hydrogens is 357 g/mol. The average Bonchev–Trinajstić information content (AvgIpc) is 2.70. The van der Waals surface area contributed by atoms with E-state index >= 15 is 0 Å². The average molecular weight is 383 g/mol. The van der Waals surface area contributed by atoms with Crippen molar-refractivity contribution in [1.82, 2.24) is 9.88 Å². The van der Waals surface area contributed by atoms with Gasteiger partial charge in [0, 0.05) is 24.8 Å². The molecule has 5 nitrogen and oxygen atoms in total. The van der Waals surface area contributed by atoms with E-state index in [9.17, 15) is 9.60 Å². The van der Waals surface area contributed by atoms with Crippen LogP contribution in [0.15, 0.2) is 41.6 Å². The van der Waals surface area contributed by atoms with Gasteiger partial charge in [0.25, 0.3) is 0 Å². The quantitative estimate of drug-likeness (QED) is 0.352. The van der Waals surface area contributed by atoms with E-state index in [-0.39, 0.29) is 5.82 Å². The molecule has 4 rings (SSSR count). The van der Waals surface area contributed by atoms with Gasteiger partial charge in [-0.05, 0) is 55.9 Å². The Morgan fingerprint density at radius 3 is 2.79 bits per heavy atom. The number of benzene rings is 1. The second-order valence-electron chi connectivity index (χ2n) is 7.83. The molecule has 0 radical (unpaired) electrons. The number of rotatable bonds is 3. The lowest BCUT2D eigenvalue weighted by Gasteiger charge is -2.42. The van der Waals surface area contributed by atoms with Gasteiger partial charge in [-0.15, -0.1) is 0 Å². The summed E-state index contributed by atoms with van der Waals surface area (Å²) in [5.41, 5.74) is 1.39. The molecule has 0 amide bonds. The van der Waals surface area contributed by atoms with E-state index in [0.29, 0.717) is 28.9 Å². The SMILES string of the molecule is Cc1ccc(/C(=N/O)N2CCC3CCCCC3C2)c(Oc2cccc(F)c2)n1. The van der Waals surface area contributed by atoms with Crippen LogP contribution in [0.25, 0.3) is 0 Å². The minimum atomic E-state index is -0.373. The molecule has 2 fully saturated rings. The van der Waals surface area contributed by atoms with Gasteiger partial charge in [-0.3, -0.25) is 0 Å². The Balaban J connectivity index is 1.61. The zero-order valence-electron chi connectivity index (χ0n) is 16.1. The first-order valence-electron chi connectivity index (χ1n) is 10.0. The number of pyridine rings is 1. The van der Waals surface area contributed by atoms with Crippen LogP contribution < -0.4 is 4.74 Å². The third-order valence-corrected chi connectivity index (χ3v) is 5.94. The van der Waals surface area contributed by atoms with Gasteiger partial charge in [-0.25, -0.2) is 9.37 Å². The number of piperidine rings is 1. The standard InChI is InChI=1S/C22H26FN3O2/c1-15-9-10-20(22(24-15)28-19-8-4-7-18(23)13-19)21(25-27)26-12-11-16-5-2-3-6-17(16)14-26/h4,7-10,13,16-17,27H,2-3,5-6,11-12,14H2,1H3/b25-21-. The molecule has 0 spiro atoms. The molecule has 148 valence electrons. The lowest BCUT2D eigenvalue weighted by molar-refractivity contribution is 0.127. The Labute approximate surface area is 164 Å². The number of aryl methyl sites for hydroxylation is 1. The lowest BCUT2D eigenvalue weighted by atomic mass is 9.75. The molecule has 1 aliphatic carbocycles. The predicted molar refractivity (Wildman–Crippen MR) is 105 cm³/mol. The Bertz CT molecular complexity index is 871. The summed E-state index contributed by atoms with van der Waals surface area (Å²) in [6, 6.07) is 9.68. The van der Waals surface area contributed by atoms with Crippen LogP contribution in [-0.4, -0.2) is 34.0 Å². The first kappa shape index (κ1) is 18.7. The predicted octanol–water partition coefficient (Wildman–Crippen LogP) is 4.97. The number of aromatic nitrogens is 1. The van der Waals surface area contributed by atoms with Crippen molar-refractivity contribution in [1.29, 1.82) is 0 Å². The number of fused-ring (bicyclic) bond motifs is 1. The summed E-state index contributed by atoms with van der Waals surface area (Å²) in [4.78, 5) is 6.62. The zero-order chi connectivity index (χ0) is 19.5. The second-order valence-corrected chi connectivity index (χ2v) is 7.83. The first-order chi connectivity index (χ1) is 13.6. The number of hydrogen-bond donors (Lipinski definition) is 1. The third kappa shape index (κ3) is 3.96. The Morgan fingerprint density at radius 1 is 1.18 bits per heavy atom. The van der Waals surface area contributed by atoms with E-state index in [1.54, 1.807) is 12.1 Å². The molecule has 6 heteroatoms. The molecule has 2 heterocycles. The molecule has 0 bridgehead atoms. The monoisotopic (exact) mass is 383 g/mol. The van der Waals surface area contributed by atoms with E-state index in [4.69, 9.17) is 4.74 Å². The van der Waals surface area contributed by atoms with Crippen molar-refractivity contribution in [3.63, 3.8) is 0 Å². The van der Waals surface area contributed by atoms with Gasteiger partial charge in [0.2, 0.25) is 5.88 Å². The lowest BCUT2D eigenvalue weighted by Crippen LogP contribution is -2.45. The molecule has 2 unspecified atom stereocenters. The molecule has 2 aliphatic rings. The smallest absolute Gasteiger partial charge is 0.230 e. The van der Waals surface area contributed by atoms with E-state index in [0.717, 1.165) is 31.1 Å². The number of oxime groups is 1. The fraction of sp³-hybridized carbons (Fsp3) is 0.455. The maximum absolute atomic E-state index is 13.6. The number of ether oxygens (including phenoxy) is 1. The highest BCUT2D eigenvalue weighted by atomic mass is 19.1. The van der Waals surface area contributed by atoms with Crippen LogP contribution in [-0.2, 0) is 0 Å². The molecule has 28 heavy (non-hydrogen) atoms. The van der Waals surface area contributed by atoms with Gasteiger partial charge in [0.05, 0.1) is 5.56 Å². The molecule has 1 saturated heterocycles. The van der Waals surface area contributed by atoms with Crippen LogP contribution >= 0.6 is 0 Å². The fourth-order valence-corrected chi connectivity index (χ4v) is 4.50. The van der Waals surface area contributed by atoms with Gasteiger partial charge in [-0.1, -0.05) is 30.5 Å². The van der Waals surface area contributed by atoms with Crippen LogP contribution in [0.2, 0.25) is 0 Å². The fourth-order valence-electron chi connectivity index (χ4n) is 4.50. The van der Waals surface area contributed by atoms with Gasteiger partial charge in [0.15, 0.2) is 5.84 Å². The zero-order valence-corrected chi connectivity index (χ0v) is 16.1.